The van der Waals surface area contributed by atoms with Crippen molar-refractivity contribution in [1.29, 1.82) is 0 Å². The molecule has 0 radical (unpaired) electrons. The van der Waals surface area contributed by atoms with Crippen LogP contribution in [0.1, 0.15) is 10.4 Å². The van der Waals surface area contributed by atoms with Crippen molar-refractivity contribution in [3.63, 3.8) is 0 Å². The molecule has 0 unspecified atom stereocenters. The standard InChI is InChI=1S/C19H22ClN3O3S2/c20-16-2-1-3-17(12-16)28(25,26)23-9-7-22(8-10-23)19(24)14-21-6-4-18-15(13-21)5-11-27-18/h1-3,5,11-12H,4,6-10,13-14H2. The second-order valence-corrected chi connectivity index (χ2v) is 10.4. The number of carbonyl (C=O) groups excluding carboxylic acids is 1. The molecule has 0 bridgehead atoms. The number of halogens is 1. The van der Waals surface area contributed by atoms with Gasteiger partial charge in [0.25, 0.3) is 0 Å². The van der Waals surface area contributed by atoms with Crippen LogP contribution in [0, 0.1) is 0 Å². The zero-order chi connectivity index (χ0) is 19.7. The number of hydrogen-bond donors (Lipinski definition) is 0. The van der Waals surface area contributed by atoms with Crippen molar-refractivity contribution in [1.82, 2.24) is 14.1 Å². The molecule has 0 spiro atoms. The summed E-state index contributed by atoms with van der Waals surface area (Å²) in [6, 6.07) is 8.43. The molecule has 150 valence electrons. The number of piperazine rings is 1. The number of rotatable bonds is 4. The third kappa shape index (κ3) is 4.11. The predicted octanol–water partition coefficient (Wildman–Crippen LogP) is 2.29. The molecular formula is C19H22ClN3O3S2. The van der Waals surface area contributed by atoms with E-state index < -0.39 is 10.0 Å². The minimum absolute atomic E-state index is 0.0680. The number of benzene rings is 1. The van der Waals surface area contributed by atoms with Gasteiger partial charge in [-0.25, -0.2) is 8.42 Å². The average molecular weight is 440 g/mol. The Hall–Kier alpha value is -1.45. The van der Waals surface area contributed by atoms with Gasteiger partial charge in [0, 0.05) is 49.2 Å². The number of thiophene rings is 1. The van der Waals surface area contributed by atoms with Crippen molar-refractivity contribution in [2.75, 3.05) is 39.3 Å². The molecule has 0 aliphatic carbocycles. The van der Waals surface area contributed by atoms with E-state index in [4.69, 9.17) is 11.6 Å². The van der Waals surface area contributed by atoms with E-state index in [1.807, 2.05) is 0 Å². The van der Waals surface area contributed by atoms with Crippen LogP contribution >= 0.6 is 22.9 Å². The van der Waals surface area contributed by atoms with Crippen LogP contribution in [0.15, 0.2) is 40.6 Å². The molecule has 2 aliphatic rings. The molecule has 1 amide bonds. The van der Waals surface area contributed by atoms with Crippen molar-refractivity contribution in [2.24, 2.45) is 0 Å². The molecule has 1 aromatic carbocycles. The Kier molecular flexibility index (Phi) is 5.76. The van der Waals surface area contributed by atoms with Gasteiger partial charge in [-0.1, -0.05) is 17.7 Å². The molecule has 9 heteroatoms. The Morgan fingerprint density at radius 3 is 2.64 bits per heavy atom. The van der Waals surface area contributed by atoms with Gasteiger partial charge in [-0.05, 0) is 41.6 Å². The highest BCUT2D eigenvalue weighted by molar-refractivity contribution is 7.89. The van der Waals surface area contributed by atoms with Gasteiger partial charge in [0.2, 0.25) is 15.9 Å². The maximum Gasteiger partial charge on any atom is 0.243 e. The fourth-order valence-electron chi connectivity index (χ4n) is 3.69. The van der Waals surface area contributed by atoms with Gasteiger partial charge in [0.1, 0.15) is 0 Å². The first-order chi connectivity index (χ1) is 13.4. The Morgan fingerprint density at radius 1 is 1.11 bits per heavy atom. The van der Waals surface area contributed by atoms with Gasteiger partial charge >= 0.3 is 0 Å². The number of fused-ring (bicyclic) bond motifs is 1. The van der Waals surface area contributed by atoms with Gasteiger partial charge in [0.05, 0.1) is 11.4 Å². The van der Waals surface area contributed by atoms with E-state index in [2.05, 4.69) is 16.3 Å². The summed E-state index contributed by atoms with van der Waals surface area (Å²) in [5.74, 6) is 0.0680. The van der Waals surface area contributed by atoms with Crippen molar-refractivity contribution in [3.8, 4) is 0 Å². The highest BCUT2D eigenvalue weighted by Gasteiger charge is 2.31. The van der Waals surface area contributed by atoms with Crippen molar-refractivity contribution in [3.05, 3.63) is 51.2 Å². The lowest BCUT2D eigenvalue weighted by atomic mass is 10.1. The van der Waals surface area contributed by atoms with Crippen LogP contribution in [-0.4, -0.2) is 67.7 Å². The molecule has 4 rings (SSSR count). The van der Waals surface area contributed by atoms with Crippen LogP contribution in [0.2, 0.25) is 5.02 Å². The third-order valence-corrected chi connectivity index (χ3v) is 8.42. The molecule has 1 aromatic heterocycles. The molecule has 0 N–H and O–H groups in total. The van der Waals surface area contributed by atoms with Crippen molar-refractivity contribution < 1.29 is 13.2 Å². The van der Waals surface area contributed by atoms with E-state index in [9.17, 15) is 13.2 Å². The van der Waals surface area contributed by atoms with Crippen LogP contribution in [-0.2, 0) is 27.8 Å². The Bertz CT molecular complexity index is 968. The van der Waals surface area contributed by atoms with Crippen LogP contribution in [0.5, 0.6) is 0 Å². The minimum atomic E-state index is -3.59. The lowest BCUT2D eigenvalue weighted by molar-refractivity contribution is -0.133. The SMILES string of the molecule is O=C(CN1CCc2sccc2C1)N1CCN(S(=O)(=O)c2cccc(Cl)c2)CC1. The highest BCUT2D eigenvalue weighted by atomic mass is 35.5. The van der Waals surface area contributed by atoms with E-state index in [1.54, 1.807) is 34.4 Å². The monoisotopic (exact) mass is 439 g/mol. The summed E-state index contributed by atoms with van der Waals surface area (Å²) in [6.45, 7) is 3.52. The van der Waals surface area contributed by atoms with E-state index >= 15 is 0 Å². The topological polar surface area (TPSA) is 60.9 Å². The summed E-state index contributed by atoms with van der Waals surface area (Å²) >= 11 is 7.71. The molecule has 2 aliphatic heterocycles. The van der Waals surface area contributed by atoms with Crippen LogP contribution < -0.4 is 0 Å². The zero-order valence-electron chi connectivity index (χ0n) is 15.4. The molecule has 2 aromatic rings. The van der Waals surface area contributed by atoms with E-state index in [0.29, 0.717) is 37.7 Å². The number of sulfonamides is 1. The maximum absolute atomic E-state index is 12.8. The first-order valence-electron chi connectivity index (χ1n) is 9.24. The van der Waals surface area contributed by atoms with Crippen molar-refractivity contribution in [2.45, 2.75) is 17.9 Å². The van der Waals surface area contributed by atoms with E-state index in [0.717, 1.165) is 19.5 Å². The quantitative estimate of drug-likeness (QED) is 0.733. The molecule has 28 heavy (non-hydrogen) atoms. The Balaban J connectivity index is 1.33. The fraction of sp³-hybridized carbons (Fsp3) is 0.421. The largest absolute Gasteiger partial charge is 0.339 e. The molecule has 3 heterocycles. The Morgan fingerprint density at radius 2 is 1.89 bits per heavy atom. The van der Waals surface area contributed by atoms with Gasteiger partial charge in [-0.2, -0.15) is 4.31 Å². The third-order valence-electron chi connectivity index (χ3n) is 5.27. The molecule has 0 saturated carbocycles. The fourth-order valence-corrected chi connectivity index (χ4v) is 6.30. The van der Waals surface area contributed by atoms with Crippen LogP contribution in [0.4, 0.5) is 0 Å². The Labute approximate surface area is 174 Å². The van der Waals surface area contributed by atoms with Gasteiger partial charge < -0.3 is 4.90 Å². The molecule has 1 fully saturated rings. The number of hydrogen-bond acceptors (Lipinski definition) is 5. The van der Waals surface area contributed by atoms with Crippen molar-refractivity contribution >= 4 is 38.9 Å². The van der Waals surface area contributed by atoms with Crippen LogP contribution in [0.25, 0.3) is 0 Å². The molecule has 0 atom stereocenters. The summed E-state index contributed by atoms with van der Waals surface area (Å²) < 4.78 is 27.0. The number of amides is 1. The summed E-state index contributed by atoms with van der Waals surface area (Å²) in [5.41, 5.74) is 1.32. The van der Waals surface area contributed by atoms with Gasteiger partial charge in [-0.15, -0.1) is 11.3 Å². The summed E-state index contributed by atoms with van der Waals surface area (Å²) in [7, 11) is -3.59. The predicted molar refractivity (Wildman–Crippen MR) is 110 cm³/mol. The summed E-state index contributed by atoms with van der Waals surface area (Å²) in [5, 5.41) is 2.50. The minimum Gasteiger partial charge on any atom is -0.339 e. The average Bonchev–Trinajstić information content (AvgIpc) is 3.16. The lowest BCUT2D eigenvalue weighted by Crippen LogP contribution is -2.52. The number of carbonyl (C=O) groups is 1. The first kappa shape index (κ1) is 19.8. The van der Waals surface area contributed by atoms with Crippen LogP contribution in [0.3, 0.4) is 0 Å². The number of nitrogens with zero attached hydrogens (tertiary/aromatic N) is 3. The molecule has 6 nitrogen and oxygen atoms in total. The summed E-state index contributed by atoms with van der Waals surface area (Å²) in [6.07, 6.45) is 0.992. The summed E-state index contributed by atoms with van der Waals surface area (Å²) in [4.78, 5) is 18.2. The second-order valence-electron chi connectivity index (χ2n) is 7.07. The normalized spacial score (nSPS) is 18.8. The first-order valence-corrected chi connectivity index (χ1v) is 11.9. The van der Waals surface area contributed by atoms with Gasteiger partial charge in [0.15, 0.2) is 0 Å². The maximum atomic E-state index is 12.8. The molecular weight excluding hydrogens is 418 g/mol. The molecule has 1 saturated heterocycles. The van der Waals surface area contributed by atoms with Gasteiger partial charge in [-0.3, -0.25) is 9.69 Å². The van der Waals surface area contributed by atoms with E-state index in [1.165, 1.54) is 20.8 Å². The second kappa shape index (κ2) is 8.12. The zero-order valence-corrected chi connectivity index (χ0v) is 17.8. The lowest BCUT2D eigenvalue weighted by Gasteiger charge is -2.35. The smallest absolute Gasteiger partial charge is 0.243 e. The van der Waals surface area contributed by atoms with E-state index in [-0.39, 0.29) is 10.8 Å². The highest BCUT2D eigenvalue weighted by Crippen LogP contribution is 2.24.